The van der Waals surface area contributed by atoms with E-state index in [-0.39, 0.29) is 0 Å². The van der Waals surface area contributed by atoms with Crippen molar-refractivity contribution in [2.24, 2.45) is 0 Å². The first kappa shape index (κ1) is 11.9. The molecule has 1 aliphatic rings. The van der Waals surface area contributed by atoms with E-state index >= 15 is 0 Å². The van der Waals surface area contributed by atoms with Gasteiger partial charge in [-0.25, -0.2) is 5.01 Å². The number of hydrogen-bond donors (Lipinski definition) is 2. The van der Waals surface area contributed by atoms with Gasteiger partial charge in [0.1, 0.15) is 0 Å². The Balaban J connectivity index is 2.19. The molecule has 0 bridgehead atoms. The summed E-state index contributed by atoms with van der Waals surface area (Å²) in [5.41, 5.74) is 2.71. The third-order valence-electron chi connectivity index (χ3n) is 2.95. The second-order valence-corrected chi connectivity index (χ2v) is 4.48. The molecule has 0 radical (unpaired) electrons. The second-order valence-electron chi connectivity index (χ2n) is 4.48. The minimum absolute atomic E-state index is 0.580. The maximum absolute atomic E-state index is 9.81. The standard InChI is InChI=1S/C10H23N3O/c1-4-10(2,14)9-11-13-7-5-12(3)6-8-13/h11,14H,4-9H2,1-3H3. The summed E-state index contributed by atoms with van der Waals surface area (Å²) in [5, 5.41) is 12.0. The Hall–Kier alpha value is -0.160. The van der Waals surface area contributed by atoms with Gasteiger partial charge in [-0.1, -0.05) is 6.92 Å². The van der Waals surface area contributed by atoms with Crippen LogP contribution in [0, 0.1) is 0 Å². The number of nitrogens with zero attached hydrogens (tertiary/aromatic N) is 2. The molecule has 14 heavy (non-hydrogen) atoms. The van der Waals surface area contributed by atoms with E-state index in [1.807, 2.05) is 13.8 Å². The molecule has 4 heteroatoms. The molecule has 0 aliphatic carbocycles. The molecule has 1 saturated heterocycles. The van der Waals surface area contributed by atoms with Crippen LogP contribution in [-0.4, -0.2) is 60.4 Å². The summed E-state index contributed by atoms with van der Waals surface area (Å²) in [4.78, 5) is 2.32. The van der Waals surface area contributed by atoms with E-state index in [2.05, 4.69) is 22.4 Å². The Kier molecular flexibility index (Phi) is 4.31. The topological polar surface area (TPSA) is 38.7 Å². The van der Waals surface area contributed by atoms with Gasteiger partial charge in [0.25, 0.3) is 0 Å². The van der Waals surface area contributed by atoms with Crippen LogP contribution in [0.5, 0.6) is 0 Å². The lowest BCUT2D eigenvalue weighted by molar-refractivity contribution is 0.0172. The first-order valence-corrected chi connectivity index (χ1v) is 5.43. The van der Waals surface area contributed by atoms with Crippen molar-refractivity contribution in [2.75, 3.05) is 39.8 Å². The molecule has 0 amide bonds. The monoisotopic (exact) mass is 201 g/mol. The Morgan fingerprint density at radius 3 is 2.36 bits per heavy atom. The van der Waals surface area contributed by atoms with Gasteiger partial charge >= 0.3 is 0 Å². The molecule has 1 atom stereocenters. The zero-order chi connectivity index (χ0) is 10.6. The minimum atomic E-state index is -0.580. The normalized spacial score (nSPS) is 24.9. The molecule has 0 aromatic rings. The molecule has 0 aromatic heterocycles. The molecular weight excluding hydrogens is 178 g/mol. The molecule has 1 heterocycles. The van der Waals surface area contributed by atoms with Gasteiger partial charge in [0.15, 0.2) is 0 Å². The van der Waals surface area contributed by atoms with Crippen LogP contribution in [0.4, 0.5) is 0 Å². The third-order valence-corrected chi connectivity index (χ3v) is 2.95. The molecular formula is C10H23N3O. The smallest absolute Gasteiger partial charge is 0.0755 e. The lowest BCUT2D eigenvalue weighted by Gasteiger charge is -2.34. The van der Waals surface area contributed by atoms with Crippen molar-refractivity contribution >= 4 is 0 Å². The quantitative estimate of drug-likeness (QED) is 0.666. The molecule has 84 valence electrons. The van der Waals surface area contributed by atoms with E-state index in [0.29, 0.717) is 6.54 Å². The number of nitrogens with one attached hydrogen (secondary N) is 1. The summed E-state index contributed by atoms with van der Waals surface area (Å²) in [6.45, 7) is 8.80. The van der Waals surface area contributed by atoms with Gasteiger partial charge in [-0.05, 0) is 20.4 Å². The van der Waals surface area contributed by atoms with Crippen LogP contribution in [0.25, 0.3) is 0 Å². The first-order valence-electron chi connectivity index (χ1n) is 5.43. The Labute approximate surface area is 86.9 Å². The van der Waals surface area contributed by atoms with E-state index in [9.17, 15) is 5.11 Å². The zero-order valence-corrected chi connectivity index (χ0v) is 9.58. The van der Waals surface area contributed by atoms with Crippen LogP contribution in [0.15, 0.2) is 0 Å². The van der Waals surface area contributed by atoms with Crippen LogP contribution in [0.2, 0.25) is 0 Å². The molecule has 1 unspecified atom stereocenters. The maximum atomic E-state index is 9.81. The Morgan fingerprint density at radius 1 is 1.29 bits per heavy atom. The van der Waals surface area contributed by atoms with E-state index in [4.69, 9.17) is 0 Å². The number of likely N-dealkylation sites (N-methyl/N-ethyl adjacent to an activating group) is 1. The second kappa shape index (κ2) is 5.07. The average Bonchev–Trinajstić information content (AvgIpc) is 2.17. The summed E-state index contributed by atoms with van der Waals surface area (Å²) < 4.78 is 0. The summed E-state index contributed by atoms with van der Waals surface area (Å²) in [6, 6.07) is 0. The van der Waals surface area contributed by atoms with Gasteiger partial charge < -0.3 is 10.0 Å². The molecule has 1 aliphatic heterocycles. The number of rotatable bonds is 4. The van der Waals surface area contributed by atoms with E-state index in [1.165, 1.54) is 0 Å². The molecule has 0 aromatic carbocycles. The molecule has 0 saturated carbocycles. The maximum Gasteiger partial charge on any atom is 0.0755 e. The Morgan fingerprint density at radius 2 is 1.86 bits per heavy atom. The highest BCUT2D eigenvalue weighted by atomic mass is 16.3. The number of aliphatic hydroxyl groups is 1. The van der Waals surface area contributed by atoms with Crippen LogP contribution in [0.1, 0.15) is 20.3 Å². The van der Waals surface area contributed by atoms with Crippen molar-refractivity contribution < 1.29 is 5.11 Å². The fourth-order valence-electron chi connectivity index (χ4n) is 1.37. The summed E-state index contributed by atoms with van der Waals surface area (Å²) in [6.07, 6.45) is 0.785. The summed E-state index contributed by atoms with van der Waals surface area (Å²) in [7, 11) is 2.14. The third kappa shape index (κ3) is 3.92. The summed E-state index contributed by atoms with van der Waals surface area (Å²) in [5.74, 6) is 0. The first-order chi connectivity index (χ1) is 6.53. The van der Waals surface area contributed by atoms with Crippen LogP contribution in [0.3, 0.4) is 0 Å². The predicted molar refractivity (Wildman–Crippen MR) is 58.0 cm³/mol. The fraction of sp³-hybridized carbons (Fsp3) is 1.00. The van der Waals surface area contributed by atoms with Crippen LogP contribution >= 0.6 is 0 Å². The van der Waals surface area contributed by atoms with Crippen molar-refractivity contribution in [1.29, 1.82) is 0 Å². The highest BCUT2D eigenvalue weighted by Crippen LogP contribution is 2.06. The predicted octanol–water partition coefficient (Wildman–Crippen LogP) is -0.101. The highest BCUT2D eigenvalue weighted by molar-refractivity contribution is 4.74. The van der Waals surface area contributed by atoms with Crippen LogP contribution < -0.4 is 5.43 Å². The fourth-order valence-corrected chi connectivity index (χ4v) is 1.37. The van der Waals surface area contributed by atoms with E-state index < -0.39 is 5.60 Å². The lowest BCUT2D eigenvalue weighted by atomic mass is 10.1. The number of hydrogen-bond acceptors (Lipinski definition) is 4. The molecule has 0 spiro atoms. The van der Waals surface area contributed by atoms with Crippen molar-refractivity contribution in [2.45, 2.75) is 25.9 Å². The van der Waals surface area contributed by atoms with Gasteiger partial charge in [-0.3, -0.25) is 5.43 Å². The Bertz CT molecular complexity index is 165. The van der Waals surface area contributed by atoms with Crippen LogP contribution in [-0.2, 0) is 0 Å². The van der Waals surface area contributed by atoms with Crippen molar-refractivity contribution in [3.8, 4) is 0 Å². The van der Waals surface area contributed by atoms with Gasteiger partial charge in [0, 0.05) is 32.7 Å². The van der Waals surface area contributed by atoms with Crippen molar-refractivity contribution in [3.63, 3.8) is 0 Å². The summed E-state index contributed by atoms with van der Waals surface area (Å²) >= 11 is 0. The molecule has 1 rings (SSSR count). The molecule has 2 N–H and O–H groups in total. The molecule has 1 fully saturated rings. The number of hydrazine groups is 1. The SMILES string of the molecule is CCC(C)(O)CNN1CCN(C)CC1. The van der Waals surface area contributed by atoms with Gasteiger partial charge in [0.05, 0.1) is 5.60 Å². The minimum Gasteiger partial charge on any atom is -0.389 e. The van der Waals surface area contributed by atoms with Crippen molar-refractivity contribution in [3.05, 3.63) is 0 Å². The average molecular weight is 201 g/mol. The van der Waals surface area contributed by atoms with Crippen molar-refractivity contribution in [1.82, 2.24) is 15.3 Å². The largest absolute Gasteiger partial charge is 0.389 e. The van der Waals surface area contributed by atoms with Gasteiger partial charge in [-0.2, -0.15) is 0 Å². The zero-order valence-electron chi connectivity index (χ0n) is 9.58. The van der Waals surface area contributed by atoms with Gasteiger partial charge in [0.2, 0.25) is 0 Å². The lowest BCUT2D eigenvalue weighted by Crippen LogP contribution is -2.54. The van der Waals surface area contributed by atoms with Gasteiger partial charge in [-0.15, -0.1) is 0 Å². The highest BCUT2D eigenvalue weighted by Gasteiger charge is 2.20. The number of piperazine rings is 1. The van der Waals surface area contributed by atoms with E-state index in [0.717, 1.165) is 32.6 Å². The molecule has 4 nitrogen and oxygen atoms in total. The van der Waals surface area contributed by atoms with E-state index in [1.54, 1.807) is 0 Å².